The minimum atomic E-state index is -0.323. The van der Waals surface area contributed by atoms with E-state index in [9.17, 15) is 5.11 Å². The van der Waals surface area contributed by atoms with Crippen LogP contribution in [0.25, 0.3) is 10.2 Å². The zero-order valence-electron chi connectivity index (χ0n) is 11.3. The van der Waals surface area contributed by atoms with Crippen molar-refractivity contribution in [1.82, 2.24) is 10.3 Å². The van der Waals surface area contributed by atoms with Gasteiger partial charge < -0.3 is 10.4 Å². The molecule has 0 radical (unpaired) electrons. The van der Waals surface area contributed by atoms with E-state index in [0.717, 1.165) is 16.4 Å². The van der Waals surface area contributed by atoms with Gasteiger partial charge in [0.15, 0.2) is 4.34 Å². The highest BCUT2D eigenvalue weighted by Crippen LogP contribution is 2.29. The van der Waals surface area contributed by atoms with Crippen LogP contribution in [0.2, 0.25) is 0 Å². The highest BCUT2D eigenvalue weighted by atomic mass is 32.2. The topological polar surface area (TPSA) is 45.1 Å². The first-order valence-electron chi connectivity index (χ1n) is 6.52. The summed E-state index contributed by atoms with van der Waals surface area (Å²) in [5.74, 6) is 1.30. The van der Waals surface area contributed by atoms with Crippen LogP contribution in [0, 0.1) is 5.92 Å². The van der Waals surface area contributed by atoms with Crippen LogP contribution in [0.15, 0.2) is 28.6 Å². The van der Waals surface area contributed by atoms with Gasteiger partial charge in [0.1, 0.15) is 0 Å². The number of para-hydroxylation sites is 1. The van der Waals surface area contributed by atoms with Crippen molar-refractivity contribution >= 4 is 33.3 Å². The molecule has 0 aliphatic heterocycles. The van der Waals surface area contributed by atoms with E-state index in [1.807, 2.05) is 18.2 Å². The average Bonchev–Trinajstić information content (AvgIpc) is 2.78. The molecule has 0 saturated carbocycles. The van der Waals surface area contributed by atoms with E-state index in [-0.39, 0.29) is 6.10 Å². The van der Waals surface area contributed by atoms with Gasteiger partial charge in [-0.3, -0.25) is 0 Å². The SMILES string of the molecule is CC(C)CNCC(O)CSc1nc2ccccc2s1. The van der Waals surface area contributed by atoms with Gasteiger partial charge in [0.2, 0.25) is 0 Å². The lowest BCUT2D eigenvalue weighted by Crippen LogP contribution is -2.30. The van der Waals surface area contributed by atoms with Crippen LogP contribution in [-0.4, -0.2) is 35.0 Å². The number of fused-ring (bicyclic) bond motifs is 1. The van der Waals surface area contributed by atoms with Crippen molar-refractivity contribution in [1.29, 1.82) is 0 Å². The van der Waals surface area contributed by atoms with E-state index in [4.69, 9.17) is 0 Å². The van der Waals surface area contributed by atoms with Crippen LogP contribution < -0.4 is 5.32 Å². The van der Waals surface area contributed by atoms with Gasteiger partial charge in [-0.25, -0.2) is 4.98 Å². The molecule has 0 spiro atoms. The summed E-state index contributed by atoms with van der Waals surface area (Å²) in [5, 5.41) is 13.2. The summed E-state index contributed by atoms with van der Waals surface area (Å²) in [5.41, 5.74) is 1.04. The molecule has 0 amide bonds. The third-order valence-electron chi connectivity index (χ3n) is 2.61. The maximum absolute atomic E-state index is 9.89. The third-order valence-corrected chi connectivity index (χ3v) is 4.93. The van der Waals surface area contributed by atoms with Crippen LogP contribution >= 0.6 is 23.1 Å². The molecule has 3 nitrogen and oxygen atoms in total. The smallest absolute Gasteiger partial charge is 0.151 e. The third kappa shape index (κ3) is 4.76. The van der Waals surface area contributed by atoms with Crippen LogP contribution in [0.3, 0.4) is 0 Å². The van der Waals surface area contributed by atoms with Crippen LogP contribution in [0.4, 0.5) is 0 Å². The minimum Gasteiger partial charge on any atom is -0.391 e. The second-order valence-corrected chi connectivity index (χ2v) is 7.26. The fourth-order valence-corrected chi connectivity index (χ4v) is 3.70. The summed E-state index contributed by atoms with van der Waals surface area (Å²) in [7, 11) is 0. The first kappa shape index (κ1) is 14.8. The molecule has 1 heterocycles. The Labute approximate surface area is 122 Å². The van der Waals surface area contributed by atoms with Gasteiger partial charge in [0, 0.05) is 12.3 Å². The molecule has 5 heteroatoms. The van der Waals surface area contributed by atoms with Crippen LogP contribution in [0.1, 0.15) is 13.8 Å². The Morgan fingerprint density at radius 1 is 1.32 bits per heavy atom. The van der Waals surface area contributed by atoms with Crippen molar-refractivity contribution < 1.29 is 5.11 Å². The van der Waals surface area contributed by atoms with Gasteiger partial charge in [-0.15, -0.1) is 11.3 Å². The number of thioether (sulfide) groups is 1. The number of nitrogens with one attached hydrogen (secondary N) is 1. The highest BCUT2D eigenvalue weighted by molar-refractivity contribution is 8.01. The number of aliphatic hydroxyl groups excluding tert-OH is 1. The average molecular weight is 296 g/mol. The molecule has 104 valence electrons. The monoisotopic (exact) mass is 296 g/mol. The van der Waals surface area contributed by atoms with Gasteiger partial charge in [0.25, 0.3) is 0 Å². The predicted molar refractivity (Wildman–Crippen MR) is 84.1 cm³/mol. The predicted octanol–water partition coefficient (Wildman–Crippen LogP) is 2.99. The van der Waals surface area contributed by atoms with Gasteiger partial charge in [-0.2, -0.15) is 0 Å². The maximum Gasteiger partial charge on any atom is 0.151 e. The number of aliphatic hydroxyl groups is 1. The summed E-state index contributed by atoms with van der Waals surface area (Å²) in [6.45, 7) is 5.92. The van der Waals surface area contributed by atoms with Crippen molar-refractivity contribution in [3.05, 3.63) is 24.3 Å². The van der Waals surface area contributed by atoms with E-state index < -0.39 is 0 Å². The molecule has 0 fully saturated rings. The van der Waals surface area contributed by atoms with Gasteiger partial charge >= 0.3 is 0 Å². The quantitative estimate of drug-likeness (QED) is 0.771. The number of nitrogens with zero attached hydrogens (tertiary/aromatic N) is 1. The number of hydrogen-bond donors (Lipinski definition) is 2. The van der Waals surface area contributed by atoms with E-state index in [2.05, 4.69) is 30.2 Å². The van der Waals surface area contributed by atoms with Crippen molar-refractivity contribution in [2.75, 3.05) is 18.8 Å². The first-order chi connectivity index (χ1) is 9.15. The molecule has 2 N–H and O–H groups in total. The van der Waals surface area contributed by atoms with Crippen molar-refractivity contribution in [3.8, 4) is 0 Å². The Kier molecular flexibility index (Phi) is 5.63. The standard InChI is InChI=1S/C14H20N2OS2/c1-10(2)7-15-8-11(17)9-18-14-16-12-5-3-4-6-13(12)19-14/h3-6,10-11,15,17H,7-9H2,1-2H3. The normalized spacial score (nSPS) is 13.3. The van der Waals surface area contributed by atoms with Crippen LogP contribution in [0.5, 0.6) is 0 Å². The van der Waals surface area contributed by atoms with Crippen LogP contribution in [-0.2, 0) is 0 Å². The molecule has 0 aliphatic carbocycles. The summed E-state index contributed by atoms with van der Waals surface area (Å²) in [4.78, 5) is 4.54. The lowest BCUT2D eigenvalue weighted by molar-refractivity contribution is 0.194. The summed E-state index contributed by atoms with van der Waals surface area (Å²) < 4.78 is 2.24. The Bertz CT molecular complexity index is 480. The fraction of sp³-hybridized carbons (Fsp3) is 0.500. The molecule has 2 rings (SSSR count). The molecule has 0 bridgehead atoms. The van der Waals surface area contributed by atoms with Gasteiger partial charge in [-0.05, 0) is 24.6 Å². The Hall–Kier alpha value is -0.620. The molecule has 1 aromatic carbocycles. The van der Waals surface area contributed by atoms with Crippen molar-refractivity contribution in [3.63, 3.8) is 0 Å². The first-order valence-corrected chi connectivity index (χ1v) is 8.32. The molecule has 0 aliphatic rings. The Balaban J connectivity index is 1.78. The van der Waals surface area contributed by atoms with E-state index >= 15 is 0 Å². The highest BCUT2D eigenvalue weighted by Gasteiger charge is 2.08. The number of hydrogen-bond acceptors (Lipinski definition) is 5. The maximum atomic E-state index is 9.89. The molecule has 19 heavy (non-hydrogen) atoms. The van der Waals surface area contributed by atoms with E-state index in [1.54, 1.807) is 23.1 Å². The van der Waals surface area contributed by atoms with Crippen molar-refractivity contribution in [2.24, 2.45) is 5.92 Å². The lowest BCUT2D eigenvalue weighted by Gasteiger charge is -2.11. The molecular formula is C14H20N2OS2. The molecule has 1 aromatic heterocycles. The van der Waals surface area contributed by atoms with Gasteiger partial charge in [0.05, 0.1) is 16.3 Å². The van der Waals surface area contributed by atoms with E-state index in [0.29, 0.717) is 18.2 Å². The number of aromatic nitrogens is 1. The largest absolute Gasteiger partial charge is 0.391 e. The summed E-state index contributed by atoms with van der Waals surface area (Å²) in [6.07, 6.45) is -0.323. The van der Waals surface area contributed by atoms with Gasteiger partial charge in [-0.1, -0.05) is 37.7 Å². The number of benzene rings is 1. The zero-order chi connectivity index (χ0) is 13.7. The second kappa shape index (κ2) is 7.24. The molecular weight excluding hydrogens is 276 g/mol. The Morgan fingerprint density at radius 3 is 2.84 bits per heavy atom. The number of rotatable bonds is 7. The second-order valence-electron chi connectivity index (χ2n) is 4.96. The molecule has 1 unspecified atom stereocenters. The zero-order valence-corrected chi connectivity index (χ0v) is 12.9. The molecule has 1 atom stereocenters. The van der Waals surface area contributed by atoms with Crippen molar-refractivity contribution in [2.45, 2.75) is 24.3 Å². The van der Waals surface area contributed by atoms with E-state index in [1.165, 1.54) is 4.70 Å². The lowest BCUT2D eigenvalue weighted by atomic mass is 10.2. The molecule has 0 saturated heterocycles. The Morgan fingerprint density at radius 2 is 2.11 bits per heavy atom. The summed E-state index contributed by atoms with van der Waals surface area (Å²) >= 11 is 3.32. The number of thiazole rings is 1. The summed E-state index contributed by atoms with van der Waals surface area (Å²) in [6, 6.07) is 8.13. The molecule has 2 aromatic rings. The minimum absolute atomic E-state index is 0.323. The fourth-order valence-electron chi connectivity index (χ4n) is 1.68.